The lowest BCUT2D eigenvalue weighted by Crippen LogP contribution is -2.60. The van der Waals surface area contributed by atoms with Crippen LogP contribution in [0, 0.1) is 5.41 Å². The smallest absolute Gasteiger partial charge is 0.243 e. The molecule has 2 rings (SSSR count). The van der Waals surface area contributed by atoms with Gasteiger partial charge in [-0.15, -0.1) is 0 Å². The molecule has 2 amide bonds. The third-order valence-corrected chi connectivity index (χ3v) is 4.46. The van der Waals surface area contributed by atoms with Crippen LogP contribution in [0.5, 0.6) is 0 Å². The molecule has 0 saturated carbocycles. The number of hydrogen-bond acceptors (Lipinski definition) is 5. The van der Waals surface area contributed by atoms with Crippen LogP contribution in [0.4, 0.5) is 0 Å². The Morgan fingerprint density at radius 1 is 1.11 bits per heavy atom. The molecule has 0 radical (unpaired) electrons. The molecule has 7 N–H and O–H groups in total. The van der Waals surface area contributed by atoms with Crippen molar-refractivity contribution in [2.75, 3.05) is 13.1 Å². The molecule has 0 aromatic carbocycles. The zero-order chi connectivity index (χ0) is 21.1. The van der Waals surface area contributed by atoms with Crippen LogP contribution >= 0.6 is 0 Å². The third-order valence-electron chi connectivity index (χ3n) is 4.46. The van der Waals surface area contributed by atoms with Gasteiger partial charge in [-0.3, -0.25) is 15.0 Å². The number of amides is 2. The van der Waals surface area contributed by atoms with Crippen LogP contribution in [0.15, 0.2) is 0 Å². The monoisotopic (exact) mass is 386 g/mol. The Balaban J connectivity index is 0.00000158. The highest BCUT2D eigenvalue weighted by molar-refractivity contribution is 5.90. The molecule has 0 bridgehead atoms. The Bertz CT molecular complexity index is 486. The average molecular weight is 387 g/mol. The van der Waals surface area contributed by atoms with Gasteiger partial charge in [-0.05, 0) is 32.6 Å². The number of nitrogens with one attached hydrogen (secondary N) is 2. The SMILES string of the molecule is CC.CC.CC(N)C(=O)N1CCCC1C(=O)NC1CCCN(C(=N)N)C1O. The first-order valence-corrected chi connectivity index (χ1v) is 9.98. The number of nitrogens with zero attached hydrogens (tertiary/aromatic N) is 2. The number of carbonyl (C=O) groups excluding carboxylic acids is 2. The van der Waals surface area contributed by atoms with E-state index in [0.717, 1.165) is 6.42 Å². The van der Waals surface area contributed by atoms with Gasteiger partial charge in [-0.25, -0.2) is 0 Å². The summed E-state index contributed by atoms with van der Waals surface area (Å²) in [7, 11) is 0. The summed E-state index contributed by atoms with van der Waals surface area (Å²) >= 11 is 0. The van der Waals surface area contributed by atoms with E-state index in [4.69, 9.17) is 16.9 Å². The summed E-state index contributed by atoms with van der Waals surface area (Å²) in [6.45, 7) is 10.6. The highest BCUT2D eigenvalue weighted by Gasteiger charge is 2.38. The van der Waals surface area contributed by atoms with E-state index in [9.17, 15) is 14.7 Å². The van der Waals surface area contributed by atoms with Crippen LogP contribution < -0.4 is 16.8 Å². The maximum Gasteiger partial charge on any atom is 0.243 e. The number of guanidine groups is 1. The minimum absolute atomic E-state index is 0.217. The zero-order valence-corrected chi connectivity index (χ0v) is 17.4. The Morgan fingerprint density at radius 2 is 1.63 bits per heavy atom. The lowest BCUT2D eigenvalue weighted by molar-refractivity contribution is -0.140. The Morgan fingerprint density at radius 3 is 2.15 bits per heavy atom. The predicted octanol–water partition coefficient (Wildman–Crippen LogP) is 0.169. The number of carbonyl (C=O) groups is 2. The van der Waals surface area contributed by atoms with Gasteiger partial charge in [0.1, 0.15) is 12.3 Å². The van der Waals surface area contributed by atoms with Gasteiger partial charge in [-0.2, -0.15) is 0 Å². The van der Waals surface area contributed by atoms with Gasteiger partial charge >= 0.3 is 0 Å². The number of aliphatic hydroxyl groups is 1. The normalized spacial score (nSPS) is 25.4. The van der Waals surface area contributed by atoms with E-state index in [1.54, 1.807) is 6.92 Å². The standard InChI is InChI=1S/C14H26N6O3.2C2H6/c1-8(15)12(22)19-6-3-5-10(19)11(21)18-9-4-2-7-20(13(9)23)14(16)17;2*1-2/h8-10,13,23H,2-7,15H2,1H3,(H3,16,17)(H,18,21);2*1-2H3. The second kappa shape index (κ2) is 12.5. The molecule has 2 fully saturated rings. The molecule has 9 heteroatoms. The topological polar surface area (TPSA) is 149 Å². The lowest BCUT2D eigenvalue weighted by atomic mass is 10.0. The fraction of sp³-hybridized carbons (Fsp3) is 0.833. The molecule has 158 valence electrons. The molecule has 0 aromatic rings. The molecular weight excluding hydrogens is 348 g/mol. The zero-order valence-electron chi connectivity index (χ0n) is 17.4. The van der Waals surface area contributed by atoms with Crippen LogP contribution in [0.3, 0.4) is 0 Å². The molecule has 9 nitrogen and oxygen atoms in total. The number of hydrogen-bond donors (Lipinski definition) is 5. The van der Waals surface area contributed by atoms with Gasteiger partial charge in [-0.1, -0.05) is 27.7 Å². The fourth-order valence-corrected chi connectivity index (χ4v) is 3.23. The molecule has 2 aliphatic heterocycles. The van der Waals surface area contributed by atoms with Gasteiger partial charge in [0.25, 0.3) is 0 Å². The Labute approximate surface area is 162 Å². The van der Waals surface area contributed by atoms with Crippen LogP contribution in [0.25, 0.3) is 0 Å². The second-order valence-electron chi connectivity index (χ2n) is 6.23. The van der Waals surface area contributed by atoms with Crippen molar-refractivity contribution in [1.29, 1.82) is 5.41 Å². The summed E-state index contributed by atoms with van der Waals surface area (Å²) < 4.78 is 0. The van der Waals surface area contributed by atoms with Crippen molar-refractivity contribution in [3.05, 3.63) is 0 Å². The van der Waals surface area contributed by atoms with Crippen LogP contribution in [0.1, 0.15) is 60.3 Å². The van der Waals surface area contributed by atoms with Gasteiger partial charge in [0.2, 0.25) is 11.8 Å². The molecule has 2 saturated heterocycles. The number of rotatable bonds is 3. The molecule has 4 atom stereocenters. The Kier molecular flexibility index (Phi) is 11.6. The first-order chi connectivity index (χ1) is 12.8. The molecule has 4 unspecified atom stereocenters. The van der Waals surface area contributed by atoms with E-state index in [0.29, 0.717) is 32.4 Å². The Hall–Kier alpha value is -1.87. The van der Waals surface area contributed by atoms with Gasteiger partial charge in [0, 0.05) is 13.1 Å². The molecule has 2 heterocycles. The maximum atomic E-state index is 12.5. The predicted molar refractivity (Wildman–Crippen MR) is 107 cm³/mol. The number of nitrogens with two attached hydrogens (primary N) is 2. The molecule has 27 heavy (non-hydrogen) atoms. The molecule has 0 aliphatic carbocycles. The highest BCUT2D eigenvalue weighted by Crippen LogP contribution is 2.20. The van der Waals surface area contributed by atoms with Crippen molar-refractivity contribution in [2.45, 2.75) is 84.7 Å². The fourth-order valence-electron chi connectivity index (χ4n) is 3.23. The summed E-state index contributed by atoms with van der Waals surface area (Å²) in [4.78, 5) is 27.5. The number of aliphatic hydroxyl groups excluding tert-OH is 1. The largest absolute Gasteiger partial charge is 0.371 e. The van der Waals surface area contributed by atoms with E-state index in [2.05, 4.69) is 5.32 Å². The third kappa shape index (κ3) is 6.66. The van der Waals surface area contributed by atoms with Crippen molar-refractivity contribution < 1.29 is 14.7 Å². The highest BCUT2D eigenvalue weighted by atomic mass is 16.3. The van der Waals surface area contributed by atoms with Gasteiger partial charge in [0.05, 0.1) is 12.1 Å². The minimum Gasteiger partial charge on any atom is -0.371 e. The van der Waals surface area contributed by atoms with Crippen LogP contribution in [0.2, 0.25) is 0 Å². The van der Waals surface area contributed by atoms with Crippen molar-refractivity contribution in [3.63, 3.8) is 0 Å². The van der Waals surface area contributed by atoms with E-state index in [1.807, 2.05) is 27.7 Å². The lowest BCUT2D eigenvalue weighted by Gasteiger charge is -2.39. The van der Waals surface area contributed by atoms with E-state index in [-0.39, 0.29) is 17.8 Å². The van der Waals surface area contributed by atoms with Crippen molar-refractivity contribution in [3.8, 4) is 0 Å². The van der Waals surface area contributed by atoms with Crippen LogP contribution in [-0.4, -0.2) is 70.1 Å². The van der Waals surface area contributed by atoms with E-state index in [1.165, 1.54) is 9.80 Å². The van der Waals surface area contributed by atoms with Crippen molar-refractivity contribution in [2.24, 2.45) is 11.5 Å². The summed E-state index contributed by atoms with van der Waals surface area (Å²) in [5.74, 6) is -0.741. The van der Waals surface area contributed by atoms with Crippen molar-refractivity contribution in [1.82, 2.24) is 15.1 Å². The van der Waals surface area contributed by atoms with E-state index >= 15 is 0 Å². The van der Waals surface area contributed by atoms with Crippen molar-refractivity contribution >= 4 is 17.8 Å². The van der Waals surface area contributed by atoms with Gasteiger partial charge in [0.15, 0.2) is 5.96 Å². The summed E-state index contributed by atoms with van der Waals surface area (Å²) in [5.41, 5.74) is 11.1. The maximum absolute atomic E-state index is 12.5. The molecular formula is C18H38N6O3. The molecule has 0 spiro atoms. The average Bonchev–Trinajstić information content (AvgIpc) is 3.15. The minimum atomic E-state index is -1.02. The quantitative estimate of drug-likeness (QED) is 0.345. The second-order valence-corrected chi connectivity index (χ2v) is 6.23. The summed E-state index contributed by atoms with van der Waals surface area (Å²) in [6, 6.07) is -1.70. The number of piperidine rings is 1. The van der Waals surface area contributed by atoms with Gasteiger partial charge < -0.3 is 31.7 Å². The summed E-state index contributed by atoms with van der Waals surface area (Å²) in [6.07, 6.45) is 1.64. The summed E-state index contributed by atoms with van der Waals surface area (Å²) in [5, 5.41) is 20.5. The first-order valence-electron chi connectivity index (χ1n) is 9.98. The van der Waals surface area contributed by atoms with Crippen LogP contribution in [-0.2, 0) is 9.59 Å². The molecule has 0 aromatic heterocycles. The first kappa shape index (κ1) is 25.1. The molecule has 2 aliphatic rings. The van der Waals surface area contributed by atoms with E-state index < -0.39 is 24.4 Å². The number of likely N-dealkylation sites (tertiary alicyclic amines) is 2.